The van der Waals surface area contributed by atoms with E-state index in [2.05, 4.69) is 20.1 Å². The molecule has 0 spiro atoms. The molecule has 2 aliphatic rings. The van der Waals surface area contributed by atoms with Crippen molar-refractivity contribution in [3.05, 3.63) is 36.2 Å². The summed E-state index contributed by atoms with van der Waals surface area (Å²) >= 11 is 0. The summed E-state index contributed by atoms with van der Waals surface area (Å²) < 4.78 is 35.2. The van der Waals surface area contributed by atoms with Crippen LogP contribution in [0.2, 0.25) is 0 Å². The molecular weight excluding hydrogens is 544 g/mol. The average molecular weight is 588 g/mol. The molecule has 10 nitrogen and oxygen atoms in total. The molecule has 0 bridgehead atoms. The number of alkyl halides is 2. The smallest absolute Gasteiger partial charge is 0.296 e. The third-order valence-corrected chi connectivity index (χ3v) is 8.12. The number of imidazole rings is 1. The largest absolute Gasteiger partial charge is 0.396 e. The zero-order valence-corrected chi connectivity index (χ0v) is 24.6. The van der Waals surface area contributed by atoms with Gasteiger partial charge in [-0.05, 0) is 64.0 Å². The maximum atomic E-state index is 14.1. The van der Waals surface area contributed by atoms with E-state index in [-0.39, 0.29) is 12.4 Å². The lowest BCUT2D eigenvalue weighted by molar-refractivity contribution is 0.00884. The normalized spacial score (nSPS) is 20.1. The van der Waals surface area contributed by atoms with Crippen LogP contribution in [0.25, 0.3) is 16.9 Å². The van der Waals surface area contributed by atoms with Crippen LogP contribution < -0.4 is 10.2 Å². The molecule has 5 rings (SSSR count). The molecule has 0 radical (unpaired) electrons. The molecule has 42 heavy (non-hydrogen) atoms. The Morgan fingerprint density at radius 1 is 1.07 bits per heavy atom. The van der Waals surface area contributed by atoms with E-state index in [9.17, 15) is 19.0 Å². The van der Waals surface area contributed by atoms with Crippen LogP contribution in [-0.2, 0) is 4.74 Å². The molecule has 0 atom stereocenters. The van der Waals surface area contributed by atoms with Crippen molar-refractivity contribution in [3.63, 3.8) is 0 Å². The number of para-hydroxylation sites is 2. The molecule has 3 heterocycles. The first-order valence-corrected chi connectivity index (χ1v) is 15.0. The SMILES string of the molecule is CC(C)(O)CN(CCCO)C1CCC(CNc2nc(N3CCOCC3)cc(-n3c(C(F)F)nc4ccccc43)n2)CC1. The molecular formula is C30H43F2N7O3. The van der Waals surface area contributed by atoms with E-state index in [1.54, 1.807) is 24.3 Å². The van der Waals surface area contributed by atoms with Gasteiger partial charge in [0.15, 0.2) is 5.82 Å². The number of aliphatic hydroxyl groups is 2. The maximum absolute atomic E-state index is 14.1. The number of benzene rings is 1. The van der Waals surface area contributed by atoms with Gasteiger partial charge in [0.1, 0.15) is 11.6 Å². The van der Waals surface area contributed by atoms with Crippen molar-refractivity contribution in [2.24, 2.45) is 5.92 Å². The van der Waals surface area contributed by atoms with E-state index in [1.165, 1.54) is 4.57 Å². The number of ether oxygens (including phenoxy) is 1. The Morgan fingerprint density at radius 2 is 1.79 bits per heavy atom. The molecule has 1 saturated carbocycles. The van der Waals surface area contributed by atoms with Crippen LogP contribution in [-0.4, -0.2) is 98.8 Å². The van der Waals surface area contributed by atoms with Crippen LogP contribution in [0.15, 0.2) is 30.3 Å². The van der Waals surface area contributed by atoms with Gasteiger partial charge in [0.05, 0.1) is 29.8 Å². The molecule has 3 aromatic rings. The van der Waals surface area contributed by atoms with Gasteiger partial charge < -0.3 is 25.2 Å². The lowest BCUT2D eigenvalue weighted by Crippen LogP contribution is -2.46. The van der Waals surface area contributed by atoms with Crippen LogP contribution in [0, 0.1) is 5.92 Å². The Hall–Kier alpha value is -2.93. The Morgan fingerprint density at radius 3 is 2.48 bits per heavy atom. The highest BCUT2D eigenvalue weighted by Gasteiger charge is 2.29. The van der Waals surface area contributed by atoms with Crippen molar-refractivity contribution >= 4 is 22.8 Å². The predicted octanol–water partition coefficient (Wildman–Crippen LogP) is 4.02. The summed E-state index contributed by atoms with van der Waals surface area (Å²) in [7, 11) is 0. The number of rotatable bonds is 12. The quantitative estimate of drug-likeness (QED) is 0.289. The number of aromatic nitrogens is 4. The number of anilines is 2. The number of halogens is 2. The fourth-order valence-corrected chi connectivity index (χ4v) is 6.11. The first-order valence-electron chi connectivity index (χ1n) is 15.0. The number of fused-ring (bicyclic) bond motifs is 1. The van der Waals surface area contributed by atoms with Crippen LogP contribution in [0.4, 0.5) is 20.5 Å². The summed E-state index contributed by atoms with van der Waals surface area (Å²) in [6.45, 7) is 8.27. The standard InChI is InChI=1S/C30H43F2N7O3/c1-30(2,41)20-38(12-5-15-40)22-10-8-21(9-11-22)19-33-29-35-25(37-13-16-42-17-14-37)18-26(36-29)39-24-7-4-3-6-23(24)34-28(39)27(31)32/h3-4,6-7,18,21-22,27,40-41H,5,8-17,19-20H2,1-2H3,(H,33,35,36). The summed E-state index contributed by atoms with van der Waals surface area (Å²) in [6.07, 6.45) is 1.96. The number of nitrogens with zero attached hydrogens (tertiary/aromatic N) is 6. The molecule has 1 aliphatic carbocycles. The van der Waals surface area contributed by atoms with Gasteiger partial charge in [0.2, 0.25) is 5.95 Å². The van der Waals surface area contributed by atoms with E-state index in [4.69, 9.17) is 14.7 Å². The molecule has 2 fully saturated rings. The highest BCUT2D eigenvalue weighted by molar-refractivity contribution is 5.78. The van der Waals surface area contributed by atoms with Crippen molar-refractivity contribution in [3.8, 4) is 5.82 Å². The molecule has 1 saturated heterocycles. The second-order valence-electron chi connectivity index (χ2n) is 12.0. The molecule has 1 aliphatic heterocycles. The fourth-order valence-electron chi connectivity index (χ4n) is 6.11. The third-order valence-electron chi connectivity index (χ3n) is 8.12. The van der Waals surface area contributed by atoms with Crippen LogP contribution in [0.1, 0.15) is 58.2 Å². The van der Waals surface area contributed by atoms with Gasteiger partial charge in [-0.3, -0.25) is 9.47 Å². The van der Waals surface area contributed by atoms with Crippen molar-refractivity contribution in [1.29, 1.82) is 0 Å². The average Bonchev–Trinajstić information content (AvgIpc) is 3.38. The van der Waals surface area contributed by atoms with E-state index in [0.717, 1.165) is 32.2 Å². The van der Waals surface area contributed by atoms with Gasteiger partial charge in [-0.1, -0.05) is 12.1 Å². The fraction of sp³-hybridized carbons (Fsp3) is 0.633. The summed E-state index contributed by atoms with van der Waals surface area (Å²) in [5.74, 6) is 1.49. The highest BCUT2D eigenvalue weighted by Crippen LogP contribution is 2.31. The van der Waals surface area contributed by atoms with Gasteiger partial charge in [-0.25, -0.2) is 13.8 Å². The second kappa shape index (κ2) is 13.6. The Bertz CT molecular complexity index is 1300. The van der Waals surface area contributed by atoms with E-state index >= 15 is 0 Å². The zero-order chi connectivity index (χ0) is 29.7. The molecule has 3 N–H and O–H groups in total. The van der Waals surface area contributed by atoms with Crippen molar-refractivity contribution < 1.29 is 23.7 Å². The van der Waals surface area contributed by atoms with Crippen LogP contribution in [0.3, 0.4) is 0 Å². The summed E-state index contributed by atoms with van der Waals surface area (Å²) in [4.78, 5) is 18.1. The Kier molecular flexibility index (Phi) is 9.87. The molecule has 1 aromatic carbocycles. The van der Waals surface area contributed by atoms with Gasteiger partial charge in [0.25, 0.3) is 6.43 Å². The van der Waals surface area contributed by atoms with Crippen LogP contribution >= 0.6 is 0 Å². The molecule has 0 amide bonds. The minimum Gasteiger partial charge on any atom is -0.396 e. The number of morpholine rings is 1. The maximum Gasteiger partial charge on any atom is 0.296 e. The second-order valence-corrected chi connectivity index (χ2v) is 12.0. The van der Waals surface area contributed by atoms with Crippen LogP contribution in [0.5, 0.6) is 0 Å². The first-order chi connectivity index (χ1) is 20.2. The topological polar surface area (TPSA) is 112 Å². The number of hydrogen-bond acceptors (Lipinski definition) is 9. The zero-order valence-electron chi connectivity index (χ0n) is 24.6. The monoisotopic (exact) mass is 587 g/mol. The molecule has 0 unspecified atom stereocenters. The summed E-state index contributed by atoms with van der Waals surface area (Å²) in [5.41, 5.74) is 0.267. The van der Waals surface area contributed by atoms with Gasteiger partial charge in [-0.15, -0.1) is 0 Å². The predicted molar refractivity (Wildman–Crippen MR) is 158 cm³/mol. The number of aliphatic hydroxyl groups excluding tert-OH is 1. The minimum absolute atomic E-state index is 0.140. The van der Waals surface area contributed by atoms with E-state index in [1.807, 2.05) is 19.9 Å². The number of nitrogens with one attached hydrogen (secondary N) is 1. The Balaban J connectivity index is 1.34. The van der Waals surface area contributed by atoms with Crippen molar-refractivity contribution in [1.82, 2.24) is 24.4 Å². The minimum atomic E-state index is -2.76. The molecule has 2 aromatic heterocycles. The number of hydrogen-bond donors (Lipinski definition) is 3. The van der Waals surface area contributed by atoms with Gasteiger partial charge in [0, 0.05) is 51.4 Å². The van der Waals surface area contributed by atoms with Crippen molar-refractivity contribution in [2.75, 3.05) is 62.8 Å². The molecule has 230 valence electrons. The third kappa shape index (κ3) is 7.52. The summed E-state index contributed by atoms with van der Waals surface area (Å²) in [5, 5.41) is 23.2. The van der Waals surface area contributed by atoms with Crippen molar-refractivity contribution in [2.45, 2.75) is 64.0 Å². The van der Waals surface area contributed by atoms with Gasteiger partial charge >= 0.3 is 0 Å². The lowest BCUT2D eigenvalue weighted by Gasteiger charge is -2.39. The van der Waals surface area contributed by atoms with E-state index < -0.39 is 12.0 Å². The van der Waals surface area contributed by atoms with E-state index in [0.29, 0.717) is 86.4 Å². The highest BCUT2D eigenvalue weighted by atomic mass is 19.3. The first kappa shape index (κ1) is 30.5. The Labute approximate surface area is 245 Å². The summed E-state index contributed by atoms with van der Waals surface area (Å²) in [6, 6.07) is 9.22. The lowest BCUT2D eigenvalue weighted by atomic mass is 9.84. The van der Waals surface area contributed by atoms with Gasteiger partial charge in [-0.2, -0.15) is 9.97 Å². The molecule has 12 heteroatoms.